The van der Waals surface area contributed by atoms with E-state index in [1.165, 1.54) is 47.1 Å². The Morgan fingerprint density at radius 2 is 2.11 bits per heavy atom. The summed E-state index contributed by atoms with van der Waals surface area (Å²) >= 11 is 3.75. The third-order valence-electron chi connectivity index (χ3n) is 3.48. The van der Waals surface area contributed by atoms with E-state index in [1.807, 2.05) is 23.1 Å². The van der Waals surface area contributed by atoms with Gasteiger partial charge in [0, 0.05) is 5.75 Å². The maximum absolute atomic E-state index is 4.66. The lowest BCUT2D eigenvalue weighted by Crippen LogP contribution is -2.27. The summed E-state index contributed by atoms with van der Waals surface area (Å²) in [6, 6.07) is 8.40. The zero-order valence-electron chi connectivity index (χ0n) is 10.4. The lowest BCUT2D eigenvalue weighted by molar-refractivity contribution is 0.367. The van der Waals surface area contributed by atoms with E-state index in [1.54, 1.807) is 0 Å². The van der Waals surface area contributed by atoms with Crippen molar-refractivity contribution in [1.82, 2.24) is 10.3 Å². The first kappa shape index (κ1) is 12.5. The number of benzene rings is 1. The number of fused-ring (bicyclic) bond motifs is 1. The van der Waals surface area contributed by atoms with Gasteiger partial charge in [0.15, 0.2) is 4.34 Å². The highest BCUT2D eigenvalue weighted by atomic mass is 32.2. The maximum Gasteiger partial charge on any atom is 0.151 e. The molecule has 2 heterocycles. The lowest BCUT2D eigenvalue weighted by Gasteiger charge is -2.21. The summed E-state index contributed by atoms with van der Waals surface area (Å²) in [5.41, 5.74) is 1.15. The van der Waals surface area contributed by atoms with Crippen LogP contribution in [-0.4, -0.2) is 23.8 Å². The van der Waals surface area contributed by atoms with Crippen LogP contribution in [0.4, 0.5) is 0 Å². The van der Waals surface area contributed by atoms with E-state index in [9.17, 15) is 0 Å². The molecule has 0 atom stereocenters. The van der Waals surface area contributed by atoms with Crippen LogP contribution in [-0.2, 0) is 0 Å². The molecule has 2 nitrogen and oxygen atoms in total. The molecular formula is C14H18N2S2. The molecule has 18 heavy (non-hydrogen) atoms. The Hall–Kier alpha value is -0.580. The first-order valence-electron chi connectivity index (χ1n) is 6.61. The lowest BCUT2D eigenvalue weighted by atomic mass is 9.96. The molecule has 1 aliphatic heterocycles. The third-order valence-corrected chi connectivity index (χ3v) is 5.70. The Morgan fingerprint density at radius 3 is 2.94 bits per heavy atom. The number of hydrogen-bond acceptors (Lipinski definition) is 4. The van der Waals surface area contributed by atoms with E-state index in [-0.39, 0.29) is 0 Å². The molecule has 0 aliphatic carbocycles. The average molecular weight is 278 g/mol. The van der Waals surface area contributed by atoms with Crippen LogP contribution in [0.1, 0.15) is 19.3 Å². The molecule has 0 spiro atoms. The van der Waals surface area contributed by atoms with Crippen molar-refractivity contribution in [2.45, 2.75) is 23.6 Å². The number of para-hydroxylation sites is 1. The van der Waals surface area contributed by atoms with Gasteiger partial charge in [0.05, 0.1) is 10.2 Å². The van der Waals surface area contributed by atoms with Crippen molar-refractivity contribution in [2.24, 2.45) is 5.92 Å². The fourth-order valence-electron chi connectivity index (χ4n) is 2.40. The van der Waals surface area contributed by atoms with Crippen molar-refractivity contribution in [3.63, 3.8) is 0 Å². The van der Waals surface area contributed by atoms with Gasteiger partial charge in [-0.3, -0.25) is 0 Å². The monoisotopic (exact) mass is 278 g/mol. The largest absolute Gasteiger partial charge is 0.317 e. The van der Waals surface area contributed by atoms with Crippen LogP contribution in [0.3, 0.4) is 0 Å². The molecule has 96 valence electrons. The first-order chi connectivity index (χ1) is 8.92. The minimum absolute atomic E-state index is 0.924. The predicted octanol–water partition coefficient (Wildman–Crippen LogP) is 3.78. The molecule has 2 aromatic rings. The highest BCUT2D eigenvalue weighted by Crippen LogP contribution is 2.30. The van der Waals surface area contributed by atoms with Crippen LogP contribution in [0.2, 0.25) is 0 Å². The SMILES string of the molecule is c1ccc2sc(SCCC3CCNCC3)nc2c1. The van der Waals surface area contributed by atoms with E-state index < -0.39 is 0 Å². The van der Waals surface area contributed by atoms with Crippen LogP contribution >= 0.6 is 23.1 Å². The fourth-order valence-corrected chi connectivity index (χ4v) is 4.64. The van der Waals surface area contributed by atoms with Crippen LogP contribution in [0, 0.1) is 5.92 Å². The van der Waals surface area contributed by atoms with E-state index >= 15 is 0 Å². The quantitative estimate of drug-likeness (QED) is 0.862. The Bertz CT molecular complexity index is 470. The third kappa shape index (κ3) is 3.05. The van der Waals surface area contributed by atoms with Crippen LogP contribution in [0.15, 0.2) is 28.6 Å². The van der Waals surface area contributed by atoms with Crippen molar-refractivity contribution >= 4 is 33.3 Å². The minimum Gasteiger partial charge on any atom is -0.317 e. The molecule has 0 radical (unpaired) electrons. The molecule has 1 fully saturated rings. The smallest absolute Gasteiger partial charge is 0.151 e. The summed E-state index contributed by atoms with van der Waals surface area (Å²) in [5, 5.41) is 3.42. The second-order valence-corrected chi connectivity index (χ2v) is 7.15. The average Bonchev–Trinajstić information content (AvgIpc) is 2.82. The highest BCUT2D eigenvalue weighted by molar-refractivity contribution is 8.01. The number of rotatable bonds is 4. The second kappa shape index (κ2) is 6.04. The molecule has 0 amide bonds. The van der Waals surface area contributed by atoms with Crippen molar-refractivity contribution in [3.8, 4) is 0 Å². The summed E-state index contributed by atoms with van der Waals surface area (Å²) in [7, 11) is 0. The highest BCUT2D eigenvalue weighted by Gasteiger charge is 2.13. The van der Waals surface area contributed by atoms with Gasteiger partial charge < -0.3 is 5.32 Å². The molecule has 0 bridgehead atoms. The molecule has 1 N–H and O–H groups in total. The van der Waals surface area contributed by atoms with Crippen LogP contribution in [0.25, 0.3) is 10.2 Å². The standard InChI is InChI=1S/C14H18N2S2/c1-2-4-13-12(3-1)16-14(18-13)17-10-7-11-5-8-15-9-6-11/h1-4,11,15H,5-10H2. The zero-order chi connectivity index (χ0) is 12.2. The number of nitrogens with zero attached hydrogens (tertiary/aromatic N) is 1. The number of aromatic nitrogens is 1. The van der Waals surface area contributed by atoms with Crippen molar-refractivity contribution in [3.05, 3.63) is 24.3 Å². The van der Waals surface area contributed by atoms with Gasteiger partial charge in [0.2, 0.25) is 0 Å². The number of hydrogen-bond donors (Lipinski definition) is 1. The van der Waals surface area contributed by atoms with Gasteiger partial charge in [0.1, 0.15) is 0 Å². The molecule has 0 saturated carbocycles. The molecular weight excluding hydrogens is 260 g/mol. The number of thioether (sulfide) groups is 1. The summed E-state index contributed by atoms with van der Waals surface area (Å²) in [5.74, 6) is 2.14. The Morgan fingerprint density at radius 1 is 1.28 bits per heavy atom. The second-order valence-electron chi connectivity index (χ2n) is 4.78. The summed E-state index contributed by atoms with van der Waals surface area (Å²) in [6.07, 6.45) is 4.03. The fraction of sp³-hybridized carbons (Fsp3) is 0.500. The number of piperidine rings is 1. The number of nitrogens with one attached hydrogen (secondary N) is 1. The summed E-state index contributed by atoms with van der Waals surface area (Å²) in [4.78, 5) is 4.66. The van der Waals surface area contributed by atoms with Gasteiger partial charge in [-0.2, -0.15) is 0 Å². The summed E-state index contributed by atoms with van der Waals surface area (Å²) in [6.45, 7) is 2.41. The Kier molecular flexibility index (Phi) is 4.18. The van der Waals surface area contributed by atoms with Gasteiger partial charge in [0.25, 0.3) is 0 Å². The Balaban J connectivity index is 1.53. The van der Waals surface area contributed by atoms with Gasteiger partial charge >= 0.3 is 0 Å². The molecule has 4 heteroatoms. The molecule has 1 aliphatic rings. The Labute approximate surface area is 116 Å². The van der Waals surface area contributed by atoms with Gasteiger partial charge in [-0.15, -0.1) is 11.3 Å². The van der Waals surface area contributed by atoms with Crippen molar-refractivity contribution < 1.29 is 0 Å². The topological polar surface area (TPSA) is 24.9 Å². The molecule has 1 aromatic heterocycles. The molecule has 3 rings (SSSR count). The van der Waals surface area contributed by atoms with Crippen molar-refractivity contribution in [2.75, 3.05) is 18.8 Å². The van der Waals surface area contributed by atoms with Gasteiger partial charge in [-0.25, -0.2) is 4.98 Å². The van der Waals surface area contributed by atoms with Crippen molar-refractivity contribution in [1.29, 1.82) is 0 Å². The predicted molar refractivity (Wildman–Crippen MR) is 80.6 cm³/mol. The van der Waals surface area contributed by atoms with Gasteiger partial charge in [-0.1, -0.05) is 23.9 Å². The van der Waals surface area contributed by atoms with Crippen LogP contribution < -0.4 is 5.32 Å². The van der Waals surface area contributed by atoms with E-state index in [4.69, 9.17) is 0 Å². The molecule has 0 unspecified atom stereocenters. The first-order valence-corrected chi connectivity index (χ1v) is 8.41. The maximum atomic E-state index is 4.66. The van der Waals surface area contributed by atoms with Gasteiger partial charge in [-0.05, 0) is 50.4 Å². The van der Waals surface area contributed by atoms with E-state index in [2.05, 4.69) is 34.6 Å². The number of thiazole rings is 1. The minimum atomic E-state index is 0.924. The van der Waals surface area contributed by atoms with E-state index in [0.29, 0.717) is 0 Å². The van der Waals surface area contributed by atoms with Crippen LogP contribution in [0.5, 0.6) is 0 Å². The normalized spacial score (nSPS) is 17.3. The molecule has 1 saturated heterocycles. The summed E-state index contributed by atoms with van der Waals surface area (Å²) < 4.78 is 2.53. The molecule has 1 aromatic carbocycles. The van der Waals surface area contributed by atoms with E-state index in [0.717, 1.165) is 11.4 Å². The zero-order valence-corrected chi connectivity index (χ0v) is 12.0.